The van der Waals surface area contributed by atoms with Gasteiger partial charge in [-0.1, -0.05) is 12.1 Å². The third-order valence-electron chi connectivity index (χ3n) is 2.76. The maximum Gasteiger partial charge on any atom is 0.287 e. The highest BCUT2D eigenvalue weighted by atomic mass is 16.5. The molecule has 1 heterocycles. The summed E-state index contributed by atoms with van der Waals surface area (Å²) in [6, 6.07) is 10.9. The summed E-state index contributed by atoms with van der Waals surface area (Å²) < 4.78 is 15.4. The Labute approximate surface area is 117 Å². The minimum Gasteiger partial charge on any atom is -0.497 e. The van der Waals surface area contributed by atoms with E-state index in [-0.39, 0.29) is 11.7 Å². The van der Waals surface area contributed by atoms with Crippen LogP contribution in [0.3, 0.4) is 0 Å². The number of carbonyl (C=O) groups excluding carboxylic acids is 1. The Morgan fingerprint density at radius 1 is 1.25 bits per heavy atom. The zero-order valence-electron chi connectivity index (χ0n) is 11.5. The number of rotatable bonds is 6. The van der Waals surface area contributed by atoms with Crippen LogP contribution >= 0.6 is 0 Å². The van der Waals surface area contributed by atoms with Crippen LogP contribution in [0, 0.1) is 0 Å². The Morgan fingerprint density at radius 2 is 2.10 bits per heavy atom. The Morgan fingerprint density at radius 3 is 2.85 bits per heavy atom. The Balaban J connectivity index is 1.93. The first-order valence-electron chi connectivity index (χ1n) is 6.21. The summed E-state index contributed by atoms with van der Waals surface area (Å²) in [6.07, 6.45) is 0. The van der Waals surface area contributed by atoms with Gasteiger partial charge >= 0.3 is 0 Å². The molecule has 0 radical (unpaired) electrons. The van der Waals surface area contributed by atoms with Gasteiger partial charge in [-0.25, -0.2) is 0 Å². The summed E-state index contributed by atoms with van der Waals surface area (Å²) >= 11 is 0. The van der Waals surface area contributed by atoms with Gasteiger partial charge in [0.1, 0.15) is 18.1 Å². The van der Waals surface area contributed by atoms with E-state index in [1.807, 2.05) is 24.3 Å². The minimum atomic E-state index is -0.254. The SMILES string of the molecule is COCc1ccc(C(=O)NCc2cccc(OC)c2)o1. The van der Waals surface area contributed by atoms with Crippen molar-refractivity contribution in [3.05, 3.63) is 53.5 Å². The van der Waals surface area contributed by atoms with Crippen molar-refractivity contribution < 1.29 is 18.7 Å². The van der Waals surface area contributed by atoms with Crippen LogP contribution in [0.4, 0.5) is 0 Å². The standard InChI is InChI=1S/C15H17NO4/c1-18-10-13-6-7-14(20-13)15(17)16-9-11-4-3-5-12(8-11)19-2/h3-8H,9-10H2,1-2H3,(H,16,17). The fourth-order valence-electron chi connectivity index (χ4n) is 1.77. The van der Waals surface area contributed by atoms with Gasteiger partial charge in [0.2, 0.25) is 0 Å². The molecule has 0 fully saturated rings. The van der Waals surface area contributed by atoms with Gasteiger partial charge in [-0.05, 0) is 29.8 Å². The largest absolute Gasteiger partial charge is 0.497 e. The van der Waals surface area contributed by atoms with Gasteiger partial charge in [0, 0.05) is 13.7 Å². The highest BCUT2D eigenvalue weighted by molar-refractivity contribution is 5.91. The van der Waals surface area contributed by atoms with E-state index in [2.05, 4.69) is 5.32 Å². The highest BCUT2D eigenvalue weighted by Crippen LogP contribution is 2.13. The number of methoxy groups -OCH3 is 2. The second-order valence-electron chi connectivity index (χ2n) is 4.23. The fourth-order valence-corrected chi connectivity index (χ4v) is 1.77. The van der Waals surface area contributed by atoms with Gasteiger partial charge in [0.05, 0.1) is 7.11 Å². The molecular weight excluding hydrogens is 258 g/mol. The van der Waals surface area contributed by atoms with Crippen molar-refractivity contribution in [2.75, 3.05) is 14.2 Å². The van der Waals surface area contributed by atoms with E-state index in [1.54, 1.807) is 26.4 Å². The smallest absolute Gasteiger partial charge is 0.287 e. The number of nitrogens with one attached hydrogen (secondary N) is 1. The summed E-state index contributed by atoms with van der Waals surface area (Å²) in [4.78, 5) is 11.9. The van der Waals surface area contributed by atoms with E-state index in [0.717, 1.165) is 11.3 Å². The van der Waals surface area contributed by atoms with Crippen LogP contribution in [-0.2, 0) is 17.9 Å². The van der Waals surface area contributed by atoms with Crippen LogP contribution in [0.1, 0.15) is 21.9 Å². The molecule has 1 aromatic heterocycles. The molecule has 0 saturated heterocycles. The average molecular weight is 275 g/mol. The van der Waals surface area contributed by atoms with Crippen molar-refractivity contribution >= 4 is 5.91 Å². The molecule has 5 heteroatoms. The van der Waals surface area contributed by atoms with Crippen LogP contribution in [0.2, 0.25) is 0 Å². The number of hydrogen-bond donors (Lipinski definition) is 1. The molecule has 1 aromatic carbocycles. The molecule has 1 N–H and O–H groups in total. The number of hydrogen-bond acceptors (Lipinski definition) is 4. The van der Waals surface area contributed by atoms with E-state index < -0.39 is 0 Å². The molecule has 20 heavy (non-hydrogen) atoms. The summed E-state index contributed by atoms with van der Waals surface area (Å²) in [5.74, 6) is 1.41. The number of benzene rings is 1. The Bertz CT molecular complexity index is 577. The molecule has 0 saturated carbocycles. The first-order chi connectivity index (χ1) is 9.72. The Kier molecular flexibility index (Phi) is 4.79. The van der Waals surface area contributed by atoms with Crippen LogP contribution in [0.15, 0.2) is 40.8 Å². The maximum absolute atomic E-state index is 11.9. The predicted molar refractivity (Wildman–Crippen MR) is 73.6 cm³/mol. The Hall–Kier alpha value is -2.27. The summed E-state index contributed by atoms with van der Waals surface area (Å²) in [6.45, 7) is 0.763. The topological polar surface area (TPSA) is 60.7 Å². The summed E-state index contributed by atoms with van der Waals surface area (Å²) in [5, 5.41) is 2.79. The first kappa shape index (κ1) is 14.1. The zero-order chi connectivity index (χ0) is 14.4. The monoisotopic (exact) mass is 275 g/mol. The van der Waals surface area contributed by atoms with Crippen molar-refractivity contribution in [1.82, 2.24) is 5.32 Å². The van der Waals surface area contributed by atoms with Gasteiger partial charge in [0.25, 0.3) is 5.91 Å². The molecule has 5 nitrogen and oxygen atoms in total. The van der Waals surface area contributed by atoms with E-state index in [4.69, 9.17) is 13.9 Å². The number of ether oxygens (including phenoxy) is 2. The first-order valence-corrected chi connectivity index (χ1v) is 6.21. The average Bonchev–Trinajstić information content (AvgIpc) is 2.94. The predicted octanol–water partition coefficient (Wildman–Crippen LogP) is 2.36. The third kappa shape index (κ3) is 3.61. The van der Waals surface area contributed by atoms with Crippen LogP contribution in [-0.4, -0.2) is 20.1 Å². The van der Waals surface area contributed by atoms with E-state index >= 15 is 0 Å². The van der Waals surface area contributed by atoms with E-state index in [0.29, 0.717) is 18.9 Å². The zero-order valence-corrected chi connectivity index (χ0v) is 11.5. The number of carbonyl (C=O) groups is 1. The molecule has 0 aliphatic carbocycles. The van der Waals surface area contributed by atoms with Crippen molar-refractivity contribution in [2.24, 2.45) is 0 Å². The normalized spacial score (nSPS) is 10.3. The van der Waals surface area contributed by atoms with E-state index in [9.17, 15) is 4.79 Å². The van der Waals surface area contributed by atoms with Crippen LogP contribution in [0.25, 0.3) is 0 Å². The second-order valence-corrected chi connectivity index (χ2v) is 4.23. The van der Waals surface area contributed by atoms with Crippen molar-refractivity contribution in [2.45, 2.75) is 13.2 Å². The van der Waals surface area contributed by atoms with Gasteiger partial charge < -0.3 is 19.2 Å². The highest BCUT2D eigenvalue weighted by Gasteiger charge is 2.10. The number of amides is 1. The quantitative estimate of drug-likeness (QED) is 0.879. The maximum atomic E-state index is 11.9. The molecule has 0 bridgehead atoms. The third-order valence-corrected chi connectivity index (χ3v) is 2.76. The van der Waals surface area contributed by atoms with Gasteiger partial charge in [-0.3, -0.25) is 4.79 Å². The van der Waals surface area contributed by atoms with Crippen molar-refractivity contribution in [1.29, 1.82) is 0 Å². The molecule has 2 rings (SSSR count). The molecule has 0 aliphatic rings. The molecule has 1 amide bonds. The van der Waals surface area contributed by atoms with Gasteiger partial charge in [0.15, 0.2) is 5.76 Å². The molecule has 0 unspecified atom stereocenters. The number of furan rings is 1. The van der Waals surface area contributed by atoms with Gasteiger partial charge in [-0.2, -0.15) is 0 Å². The fraction of sp³-hybridized carbons (Fsp3) is 0.267. The van der Waals surface area contributed by atoms with Crippen molar-refractivity contribution in [3.8, 4) is 5.75 Å². The van der Waals surface area contributed by atoms with Crippen molar-refractivity contribution in [3.63, 3.8) is 0 Å². The van der Waals surface area contributed by atoms with E-state index in [1.165, 1.54) is 0 Å². The summed E-state index contributed by atoms with van der Waals surface area (Å²) in [7, 11) is 3.18. The molecular formula is C15H17NO4. The van der Waals surface area contributed by atoms with Gasteiger partial charge in [-0.15, -0.1) is 0 Å². The second kappa shape index (κ2) is 6.77. The minimum absolute atomic E-state index is 0.254. The molecule has 0 aliphatic heterocycles. The molecule has 2 aromatic rings. The molecule has 0 atom stereocenters. The lowest BCUT2D eigenvalue weighted by molar-refractivity contribution is 0.0914. The lowest BCUT2D eigenvalue weighted by Gasteiger charge is -2.05. The van der Waals surface area contributed by atoms with Crippen LogP contribution < -0.4 is 10.1 Å². The lowest BCUT2D eigenvalue weighted by Crippen LogP contribution is -2.22. The summed E-state index contributed by atoms with van der Waals surface area (Å²) in [5.41, 5.74) is 0.960. The molecule has 0 spiro atoms. The molecule has 106 valence electrons. The lowest BCUT2D eigenvalue weighted by atomic mass is 10.2. The van der Waals surface area contributed by atoms with Crippen LogP contribution in [0.5, 0.6) is 5.75 Å².